The van der Waals surface area contributed by atoms with E-state index >= 15 is 0 Å². The fourth-order valence-corrected chi connectivity index (χ4v) is 3.36. The molecule has 5 nitrogen and oxygen atoms in total. The van der Waals surface area contributed by atoms with Gasteiger partial charge in [0.1, 0.15) is 0 Å². The first kappa shape index (κ1) is 18.3. The minimum absolute atomic E-state index is 0.0835. The molecule has 0 aromatic heterocycles. The van der Waals surface area contributed by atoms with Crippen LogP contribution in [-0.2, 0) is 11.2 Å². The van der Waals surface area contributed by atoms with E-state index in [9.17, 15) is 14.4 Å². The maximum atomic E-state index is 12.4. The summed E-state index contributed by atoms with van der Waals surface area (Å²) < 4.78 is 0.744. The van der Waals surface area contributed by atoms with Gasteiger partial charge in [-0.05, 0) is 42.7 Å². The lowest BCUT2D eigenvalue weighted by Crippen LogP contribution is -2.35. The molecular formula is C20H19BrN2O3. The Balaban J connectivity index is 1.50. The Kier molecular flexibility index (Phi) is 5.52. The van der Waals surface area contributed by atoms with Gasteiger partial charge < -0.3 is 5.32 Å². The van der Waals surface area contributed by atoms with Crippen molar-refractivity contribution in [1.82, 2.24) is 10.2 Å². The van der Waals surface area contributed by atoms with Gasteiger partial charge in [-0.1, -0.05) is 40.2 Å². The minimum Gasteiger partial charge on any atom is -0.356 e. The molecule has 0 aliphatic carbocycles. The average Bonchev–Trinajstić information content (AvgIpc) is 2.85. The zero-order valence-electron chi connectivity index (χ0n) is 14.4. The molecule has 6 heteroatoms. The van der Waals surface area contributed by atoms with Crippen LogP contribution >= 0.6 is 15.9 Å². The molecule has 0 fully saturated rings. The van der Waals surface area contributed by atoms with Crippen LogP contribution < -0.4 is 5.32 Å². The third-order valence-corrected chi connectivity index (χ3v) is 4.97. The number of nitrogens with one attached hydrogen (secondary N) is 1. The highest BCUT2D eigenvalue weighted by Gasteiger charge is 2.35. The van der Waals surface area contributed by atoms with Crippen molar-refractivity contribution in [1.29, 1.82) is 0 Å². The molecule has 3 amide bonds. The summed E-state index contributed by atoms with van der Waals surface area (Å²) in [4.78, 5) is 37.9. The van der Waals surface area contributed by atoms with E-state index in [1.807, 2.05) is 31.2 Å². The lowest BCUT2D eigenvalue weighted by molar-refractivity contribution is -0.121. The molecule has 0 bridgehead atoms. The van der Waals surface area contributed by atoms with Gasteiger partial charge in [-0.15, -0.1) is 0 Å². The largest absolute Gasteiger partial charge is 0.356 e. The number of imide groups is 1. The Morgan fingerprint density at radius 2 is 1.81 bits per heavy atom. The summed E-state index contributed by atoms with van der Waals surface area (Å²) in [5, 5.41) is 2.85. The van der Waals surface area contributed by atoms with Crippen LogP contribution in [0, 0.1) is 6.92 Å². The van der Waals surface area contributed by atoms with Crippen molar-refractivity contribution in [3.05, 3.63) is 69.2 Å². The molecule has 0 unspecified atom stereocenters. The van der Waals surface area contributed by atoms with Gasteiger partial charge in [-0.2, -0.15) is 0 Å². The second-order valence-corrected chi connectivity index (χ2v) is 7.14. The lowest BCUT2D eigenvalue weighted by Gasteiger charge is -2.13. The van der Waals surface area contributed by atoms with Crippen LogP contribution in [0.15, 0.2) is 46.9 Å². The quantitative estimate of drug-likeness (QED) is 0.738. The van der Waals surface area contributed by atoms with Crippen molar-refractivity contribution in [2.24, 2.45) is 0 Å². The fourth-order valence-electron chi connectivity index (χ4n) is 2.99. The molecule has 0 spiro atoms. The monoisotopic (exact) mass is 414 g/mol. The van der Waals surface area contributed by atoms with E-state index < -0.39 is 0 Å². The normalized spacial score (nSPS) is 13.1. The lowest BCUT2D eigenvalue weighted by atomic mass is 10.1. The van der Waals surface area contributed by atoms with Crippen LogP contribution in [0.1, 0.15) is 38.3 Å². The van der Waals surface area contributed by atoms with Crippen molar-refractivity contribution in [3.8, 4) is 0 Å². The molecule has 0 saturated heterocycles. The van der Waals surface area contributed by atoms with E-state index in [0.29, 0.717) is 17.7 Å². The summed E-state index contributed by atoms with van der Waals surface area (Å²) in [5.41, 5.74) is 3.15. The van der Waals surface area contributed by atoms with Gasteiger partial charge >= 0.3 is 0 Å². The molecule has 2 aromatic rings. The number of nitrogens with zero attached hydrogens (tertiary/aromatic N) is 1. The predicted molar refractivity (Wildman–Crippen MR) is 102 cm³/mol. The van der Waals surface area contributed by atoms with Crippen LogP contribution in [0.5, 0.6) is 0 Å². The van der Waals surface area contributed by atoms with Gasteiger partial charge in [-0.3, -0.25) is 19.3 Å². The molecule has 0 atom stereocenters. The maximum absolute atomic E-state index is 12.4. The van der Waals surface area contributed by atoms with Crippen molar-refractivity contribution in [3.63, 3.8) is 0 Å². The zero-order chi connectivity index (χ0) is 18.7. The Bertz CT molecular complexity index is 879. The third-order valence-electron chi connectivity index (χ3n) is 4.47. The molecule has 0 saturated carbocycles. The van der Waals surface area contributed by atoms with Crippen molar-refractivity contribution >= 4 is 33.7 Å². The molecule has 0 radical (unpaired) electrons. The summed E-state index contributed by atoms with van der Waals surface area (Å²) in [6, 6.07) is 13.0. The zero-order valence-corrected chi connectivity index (χ0v) is 16.0. The van der Waals surface area contributed by atoms with E-state index in [4.69, 9.17) is 0 Å². The van der Waals surface area contributed by atoms with Crippen molar-refractivity contribution in [2.75, 3.05) is 13.1 Å². The Morgan fingerprint density at radius 3 is 2.58 bits per heavy atom. The Labute approximate surface area is 160 Å². The minimum atomic E-state index is -0.348. The SMILES string of the molecule is Cc1ccccc1CCNC(=O)CCN1C(=O)c2ccc(Br)cc2C1=O. The van der Waals surface area contributed by atoms with Crippen LogP contribution in [0.2, 0.25) is 0 Å². The molecule has 1 aliphatic heterocycles. The number of halogens is 1. The molecule has 1 N–H and O–H groups in total. The first-order chi connectivity index (χ1) is 12.5. The summed E-state index contributed by atoms with van der Waals surface area (Å²) in [5.74, 6) is -0.861. The summed E-state index contributed by atoms with van der Waals surface area (Å²) in [6.07, 6.45) is 0.847. The standard InChI is InChI=1S/C20H19BrN2O3/c1-13-4-2-3-5-14(13)8-10-22-18(24)9-11-23-19(25)16-7-6-15(21)12-17(16)20(23)26/h2-7,12H,8-11H2,1H3,(H,22,24). The van der Waals surface area contributed by atoms with E-state index in [0.717, 1.165) is 15.8 Å². The summed E-state index contributed by atoms with van der Waals surface area (Å²) in [6.45, 7) is 2.65. The highest BCUT2D eigenvalue weighted by Crippen LogP contribution is 2.26. The number of aryl methyl sites for hydroxylation is 1. The average molecular weight is 415 g/mol. The maximum Gasteiger partial charge on any atom is 0.261 e. The summed E-state index contributed by atoms with van der Waals surface area (Å²) >= 11 is 3.30. The molecule has 1 heterocycles. The van der Waals surface area contributed by atoms with Gasteiger partial charge in [0.15, 0.2) is 0 Å². The Hall–Kier alpha value is -2.47. The molecule has 134 valence electrons. The smallest absolute Gasteiger partial charge is 0.261 e. The second-order valence-electron chi connectivity index (χ2n) is 6.23. The van der Waals surface area contributed by atoms with E-state index in [2.05, 4.69) is 21.2 Å². The molecular weight excluding hydrogens is 396 g/mol. The topological polar surface area (TPSA) is 66.5 Å². The van der Waals surface area contributed by atoms with Crippen molar-refractivity contribution in [2.45, 2.75) is 19.8 Å². The first-order valence-corrected chi connectivity index (χ1v) is 9.23. The van der Waals surface area contributed by atoms with Gasteiger partial charge in [0.05, 0.1) is 11.1 Å². The molecule has 1 aliphatic rings. The predicted octanol–water partition coefficient (Wildman–Crippen LogP) is 3.10. The molecule has 3 rings (SSSR count). The second kappa shape index (κ2) is 7.83. The number of hydrogen-bond acceptors (Lipinski definition) is 3. The molecule has 2 aromatic carbocycles. The van der Waals surface area contributed by atoms with Gasteiger partial charge in [0, 0.05) is 24.0 Å². The number of carbonyl (C=O) groups is 3. The van der Waals surface area contributed by atoms with Crippen LogP contribution in [0.25, 0.3) is 0 Å². The highest BCUT2D eigenvalue weighted by atomic mass is 79.9. The van der Waals surface area contributed by atoms with Gasteiger partial charge in [-0.25, -0.2) is 0 Å². The number of amides is 3. The van der Waals surface area contributed by atoms with E-state index in [1.54, 1.807) is 18.2 Å². The third kappa shape index (κ3) is 3.85. The molecule has 26 heavy (non-hydrogen) atoms. The highest BCUT2D eigenvalue weighted by molar-refractivity contribution is 9.10. The van der Waals surface area contributed by atoms with E-state index in [-0.39, 0.29) is 30.7 Å². The number of rotatable bonds is 6. The van der Waals surface area contributed by atoms with Crippen LogP contribution in [0.4, 0.5) is 0 Å². The first-order valence-electron chi connectivity index (χ1n) is 8.44. The number of carbonyl (C=O) groups excluding carboxylic acids is 3. The van der Waals surface area contributed by atoms with Gasteiger partial charge in [0.2, 0.25) is 5.91 Å². The van der Waals surface area contributed by atoms with Crippen molar-refractivity contribution < 1.29 is 14.4 Å². The Morgan fingerprint density at radius 1 is 1.08 bits per heavy atom. The van der Waals surface area contributed by atoms with Gasteiger partial charge in [0.25, 0.3) is 11.8 Å². The van der Waals surface area contributed by atoms with Crippen LogP contribution in [0.3, 0.4) is 0 Å². The van der Waals surface area contributed by atoms with E-state index in [1.165, 1.54) is 11.1 Å². The summed E-state index contributed by atoms with van der Waals surface area (Å²) in [7, 11) is 0. The number of benzene rings is 2. The fraction of sp³-hybridized carbons (Fsp3) is 0.250. The van der Waals surface area contributed by atoms with Crippen LogP contribution in [-0.4, -0.2) is 35.7 Å². The number of fused-ring (bicyclic) bond motifs is 1. The number of hydrogen-bond donors (Lipinski definition) is 1.